The number of likely N-dealkylation sites (N-methyl/N-ethyl adjacent to an activating group) is 1. The molecule has 2 aliphatic rings. The van der Waals surface area contributed by atoms with E-state index in [4.69, 9.17) is 0 Å². The molecule has 0 bridgehead atoms. The van der Waals surface area contributed by atoms with Gasteiger partial charge in [0.1, 0.15) is 0 Å². The Balaban J connectivity index is 1.55. The zero-order chi connectivity index (χ0) is 13.1. The highest BCUT2D eigenvalue weighted by molar-refractivity contribution is 5.14. The Morgan fingerprint density at radius 1 is 1.11 bits per heavy atom. The van der Waals surface area contributed by atoms with Crippen LogP contribution in [-0.2, 0) is 6.54 Å². The Kier molecular flexibility index (Phi) is 4.19. The number of likely N-dealkylation sites (tertiary alicyclic amines) is 1. The second-order valence-electron chi connectivity index (χ2n) is 6.28. The molecule has 2 fully saturated rings. The molecule has 0 N–H and O–H groups in total. The molecule has 2 heteroatoms. The first-order chi connectivity index (χ1) is 9.33. The van der Waals surface area contributed by atoms with Crippen LogP contribution >= 0.6 is 0 Å². The van der Waals surface area contributed by atoms with Crippen molar-refractivity contribution in [3.8, 4) is 0 Å². The van der Waals surface area contributed by atoms with Crippen LogP contribution < -0.4 is 0 Å². The minimum absolute atomic E-state index is 0.745. The van der Waals surface area contributed by atoms with Gasteiger partial charge in [-0.15, -0.1) is 0 Å². The predicted octanol–water partition coefficient (Wildman–Crippen LogP) is 3.14. The third-order valence-corrected chi connectivity index (χ3v) is 4.92. The smallest absolute Gasteiger partial charge is 0.0234 e. The van der Waals surface area contributed by atoms with Crippen LogP contribution in [0.3, 0.4) is 0 Å². The van der Waals surface area contributed by atoms with Crippen molar-refractivity contribution in [2.24, 2.45) is 0 Å². The van der Waals surface area contributed by atoms with E-state index in [9.17, 15) is 0 Å². The van der Waals surface area contributed by atoms with Gasteiger partial charge < -0.3 is 0 Å². The molecule has 0 spiro atoms. The number of nitrogens with zero attached hydrogens (tertiary/aromatic N) is 2. The molecule has 1 saturated heterocycles. The average Bonchev–Trinajstić information content (AvgIpc) is 2.38. The fourth-order valence-electron chi connectivity index (χ4n) is 3.43. The van der Waals surface area contributed by atoms with Crippen LogP contribution in [0.5, 0.6) is 0 Å². The van der Waals surface area contributed by atoms with E-state index in [1.165, 1.54) is 50.8 Å². The van der Waals surface area contributed by atoms with Gasteiger partial charge in [-0.2, -0.15) is 0 Å². The van der Waals surface area contributed by atoms with Gasteiger partial charge in [0, 0.05) is 25.2 Å². The highest BCUT2D eigenvalue weighted by atomic mass is 15.2. The normalized spacial score (nSPS) is 25.5. The lowest BCUT2D eigenvalue weighted by Crippen LogP contribution is -2.51. The summed E-state index contributed by atoms with van der Waals surface area (Å²) in [5.74, 6) is 0. The molecule has 1 aliphatic carbocycles. The van der Waals surface area contributed by atoms with Crippen molar-refractivity contribution in [2.45, 2.75) is 50.7 Å². The highest BCUT2D eigenvalue weighted by Gasteiger charge is 2.30. The molecule has 1 aliphatic heterocycles. The Morgan fingerprint density at radius 3 is 2.58 bits per heavy atom. The minimum Gasteiger partial charge on any atom is -0.299 e. The molecule has 2 nitrogen and oxygen atoms in total. The molecule has 0 radical (unpaired) electrons. The maximum absolute atomic E-state index is 2.75. The summed E-state index contributed by atoms with van der Waals surface area (Å²) in [6, 6.07) is 12.5. The minimum atomic E-state index is 0.745. The van der Waals surface area contributed by atoms with Crippen molar-refractivity contribution in [1.29, 1.82) is 0 Å². The maximum Gasteiger partial charge on any atom is 0.0234 e. The Labute approximate surface area is 117 Å². The van der Waals surface area contributed by atoms with E-state index in [2.05, 4.69) is 47.2 Å². The number of hydrogen-bond acceptors (Lipinski definition) is 2. The summed E-state index contributed by atoms with van der Waals surface area (Å²) in [6.07, 6.45) is 7.07. The first-order valence-electron chi connectivity index (χ1n) is 7.81. The van der Waals surface area contributed by atoms with Crippen molar-refractivity contribution in [3.63, 3.8) is 0 Å². The van der Waals surface area contributed by atoms with Crippen molar-refractivity contribution in [3.05, 3.63) is 35.9 Å². The first kappa shape index (κ1) is 13.1. The summed E-state index contributed by atoms with van der Waals surface area (Å²) >= 11 is 0. The standard InChI is InChI=1S/C17H26N2/c1-18(13-15-7-3-2-4-8-15)17-11-6-12-19(14-17)16-9-5-10-16/h2-4,7-8,16-17H,5-6,9-14H2,1H3. The van der Waals surface area contributed by atoms with E-state index in [0.29, 0.717) is 0 Å². The lowest BCUT2D eigenvalue weighted by Gasteiger charge is -2.44. The van der Waals surface area contributed by atoms with Gasteiger partial charge in [0.05, 0.1) is 0 Å². The molecule has 1 unspecified atom stereocenters. The fourth-order valence-corrected chi connectivity index (χ4v) is 3.43. The maximum atomic E-state index is 2.75. The Hall–Kier alpha value is -0.860. The van der Waals surface area contributed by atoms with Gasteiger partial charge in [0.25, 0.3) is 0 Å². The lowest BCUT2D eigenvalue weighted by molar-refractivity contribution is 0.0509. The molecule has 104 valence electrons. The van der Waals surface area contributed by atoms with Gasteiger partial charge in [0.2, 0.25) is 0 Å². The van der Waals surface area contributed by atoms with Crippen LogP contribution in [-0.4, -0.2) is 42.0 Å². The van der Waals surface area contributed by atoms with Crippen LogP contribution in [0.2, 0.25) is 0 Å². The van der Waals surface area contributed by atoms with Crippen LogP contribution in [0.4, 0.5) is 0 Å². The molecule has 0 amide bonds. The highest BCUT2D eigenvalue weighted by Crippen LogP contribution is 2.28. The summed E-state index contributed by atoms with van der Waals surface area (Å²) in [4.78, 5) is 5.30. The van der Waals surface area contributed by atoms with E-state index in [1.54, 1.807) is 0 Å². The third kappa shape index (κ3) is 3.18. The van der Waals surface area contributed by atoms with Crippen LogP contribution in [0.1, 0.15) is 37.7 Å². The van der Waals surface area contributed by atoms with Crippen molar-refractivity contribution in [1.82, 2.24) is 9.80 Å². The van der Waals surface area contributed by atoms with Crippen molar-refractivity contribution >= 4 is 0 Å². The molecule has 1 heterocycles. The van der Waals surface area contributed by atoms with Crippen molar-refractivity contribution in [2.75, 3.05) is 20.1 Å². The molecular weight excluding hydrogens is 232 g/mol. The predicted molar refractivity (Wildman–Crippen MR) is 80.1 cm³/mol. The third-order valence-electron chi connectivity index (χ3n) is 4.92. The molecule has 3 rings (SSSR count). The molecule has 1 aromatic rings. The van der Waals surface area contributed by atoms with Crippen LogP contribution in [0, 0.1) is 0 Å². The summed E-state index contributed by atoms with van der Waals surface area (Å²) in [7, 11) is 2.29. The number of rotatable bonds is 4. The lowest BCUT2D eigenvalue weighted by atomic mass is 9.89. The molecule has 19 heavy (non-hydrogen) atoms. The van der Waals surface area contributed by atoms with Gasteiger partial charge in [0.15, 0.2) is 0 Å². The van der Waals surface area contributed by atoms with Crippen molar-refractivity contribution < 1.29 is 0 Å². The van der Waals surface area contributed by atoms with Crippen LogP contribution in [0.15, 0.2) is 30.3 Å². The average molecular weight is 258 g/mol. The first-order valence-corrected chi connectivity index (χ1v) is 7.81. The zero-order valence-electron chi connectivity index (χ0n) is 12.1. The quantitative estimate of drug-likeness (QED) is 0.818. The summed E-state index contributed by atoms with van der Waals surface area (Å²) < 4.78 is 0. The van der Waals surface area contributed by atoms with E-state index >= 15 is 0 Å². The number of hydrogen-bond donors (Lipinski definition) is 0. The topological polar surface area (TPSA) is 6.48 Å². The summed E-state index contributed by atoms with van der Waals surface area (Å²) in [5, 5.41) is 0. The molecular formula is C17H26N2. The molecule has 0 aromatic heterocycles. The van der Waals surface area contributed by atoms with Gasteiger partial charge in [-0.3, -0.25) is 9.80 Å². The van der Waals surface area contributed by atoms with E-state index < -0.39 is 0 Å². The SMILES string of the molecule is CN(Cc1ccccc1)C1CCCN(C2CCC2)C1. The van der Waals surface area contributed by atoms with E-state index in [0.717, 1.165) is 18.6 Å². The summed E-state index contributed by atoms with van der Waals surface area (Å²) in [6.45, 7) is 3.71. The molecule has 1 aromatic carbocycles. The van der Waals surface area contributed by atoms with Gasteiger partial charge in [-0.1, -0.05) is 36.8 Å². The van der Waals surface area contributed by atoms with Gasteiger partial charge in [-0.05, 0) is 44.8 Å². The number of benzene rings is 1. The number of piperidine rings is 1. The van der Waals surface area contributed by atoms with E-state index in [1.807, 2.05) is 0 Å². The van der Waals surface area contributed by atoms with Gasteiger partial charge >= 0.3 is 0 Å². The zero-order valence-corrected chi connectivity index (χ0v) is 12.1. The summed E-state index contributed by atoms with van der Waals surface area (Å²) in [5.41, 5.74) is 1.44. The Morgan fingerprint density at radius 2 is 1.89 bits per heavy atom. The van der Waals surface area contributed by atoms with Gasteiger partial charge in [-0.25, -0.2) is 0 Å². The Bertz CT molecular complexity index is 386. The molecule has 1 atom stereocenters. The fraction of sp³-hybridized carbons (Fsp3) is 0.647. The van der Waals surface area contributed by atoms with Crippen LogP contribution in [0.25, 0.3) is 0 Å². The second-order valence-corrected chi connectivity index (χ2v) is 6.28. The second kappa shape index (κ2) is 6.06. The van der Waals surface area contributed by atoms with E-state index in [-0.39, 0.29) is 0 Å². The monoisotopic (exact) mass is 258 g/mol. The largest absolute Gasteiger partial charge is 0.299 e. The molecule has 1 saturated carbocycles.